The van der Waals surface area contributed by atoms with Crippen molar-refractivity contribution < 1.29 is 29.1 Å². The van der Waals surface area contributed by atoms with E-state index in [1.165, 1.54) is 60.5 Å². The summed E-state index contributed by atoms with van der Waals surface area (Å²) in [5, 5.41) is 28.2. The van der Waals surface area contributed by atoms with Gasteiger partial charge in [0, 0.05) is 41.9 Å². The second-order valence-corrected chi connectivity index (χ2v) is 9.47. The van der Waals surface area contributed by atoms with Crippen LogP contribution in [0.15, 0.2) is 48.5 Å². The summed E-state index contributed by atoms with van der Waals surface area (Å²) in [4.78, 5) is 64.8. The molecule has 42 heavy (non-hydrogen) atoms. The van der Waals surface area contributed by atoms with Gasteiger partial charge in [-0.1, -0.05) is 24.3 Å². The highest BCUT2D eigenvalue weighted by Crippen LogP contribution is 2.28. The van der Waals surface area contributed by atoms with E-state index >= 15 is 0 Å². The Labute approximate surface area is 247 Å². The number of hydrazine groups is 1. The number of nitrogens with zero attached hydrogens (tertiary/aromatic N) is 2. The third-order valence-corrected chi connectivity index (χ3v) is 6.76. The standard InChI is InChI=1S/C27H32N8O6.ClH/c1-16(36)27(11-2-12-32-24(39)19-7-3-17(4-8-19)22(28)29)26(41)34(15-21(37)38)13-14-35(27)33-25(40)20-9-5-18(6-10-20)23(30)31;/h3-10H,2,11-15H2,1H3,(H3,28,29)(H3,30,31)(H,32,39)(H,33,40)(H,37,38);1H. The fourth-order valence-corrected chi connectivity index (χ4v) is 4.55. The molecule has 0 aliphatic carbocycles. The quantitative estimate of drug-likeness (QED) is 0.0755. The number of benzene rings is 2. The second kappa shape index (κ2) is 14.2. The molecule has 2 aromatic rings. The van der Waals surface area contributed by atoms with E-state index in [9.17, 15) is 29.1 Å². The summed E-state index contributed by atoms with van der Waals surface area (Å²) in [6, 6.07) is 12.0. The highest BCUT2D eigenvalue weighted by Gasteiger charge is 2.53. The number of piperazine rings is 1. The minimum Gasteiger partial charge on any atom is -0.480 e. The topological polar surface area (TPSA) is 236 Å². The molecule has 0 saturated carbocycles. The zero-order chi connectivity index (χ0) is 30.3. The van der Waals surface area contributed by atoms with Gasteiger partial charge in [-0.3, -0.25) is 40.2 Å². The molecule has 3 amide bonds. The van der Waals surface area contributed by atoms with E-state index in [0.717, 1.165) is 4.90 Å². The van der Waals surface area contributed by atoms with Crippen LogP contribution in [0, 0.1) is 10.8 Å². The number of rotatable bonds is 12. The van der Waals surface area contributed by atoms with Gasteiger partial charge in [0.15, 0.2) is 11.3 Å². The smallest absolute Gasteiger partial charge is 0.323 e. The van der Waals surface area contributed by atoms with E-state index in [-0.39, 0.29) is 62.1 Å². The summed E-state index contributed by atoms with van der Waals surface area (Å²) in [7, 11) is 0. The number of hydrogen-bond acceptors (Lipinski definition) is 8. The number of Topliss-reactive ketones (excluding diaryl/α,β-unsaturated/α-hetero) is 1. The zero-order valence-corrected chi connectivity index (χ0v) is 23.6. The van der Waals surface area contributed by atoms with E-state index in [4.69, 9.17) is 22.3 Å². The van der Waals surface area contributed by atoms with E-state index in [0.29, 0.717) is 16.7 Å². The van der Waals surface area contributed by atoms with Crippen molar-refractivity contribution in [2.75, 3.05) is 26.2 Å². The third kappa shape index (κ3) is 7.47. The molecule has 224 valence electrons. The van der Waals surface area contributed by atoms with Crippen LogP contribution in [-0.4, -0.2) is 87.9 Å². The first-order valence-corrected chi connectivity index (χ1v) is 12.6. The Balaban J connectivity index is 0.00000616. The lowest BCUT2D eigenvalue weighted by atomic mass is 9.84. The number of carboxylic acids is 1. The molecular weight excluding hydrogens is 568 g/mol. The summed E-state index contributed by atoms with van der Waals surface area (Å²) < 4.78 is 0. The lowest BCUT2D eigenvalue weighted by Crippen LogP contribution is -2.73. The Bertz CT molecular complexity index is 1380. The van der Waals surface area contributed by atoms with Gasteiger partial charge in [-0.25, -0.2) is 0 Å². The number of hydrogen-bond donors (Lipinski definition) is 7. The Morgan fingerprint density at radius 2 is 1.36 bits per heavy atom. The summed E-state index contributed by atoms with van der Waals surface area (Å²) in [5.41, 5.74) is 13.0. The normalized spacial score (nSPS) is 16.6. The number of nitrogen functional groups attached to an aromatic ring is 2. The molecule has 1 aliphatic rings. The number of carboxylic acid groups (broad SMARTS) is 1. The first-order valence-electron chi connectivity index (χ1n) is 12.6. The van der Waals surface area contributed by atoms with Crippen molar-refractivity contribution >= 4 is 53.6 Å². The molecule has 1 unspecified atom stereocenters. The van der Waals surface area contributed by atoms with Gasteiger partial charge in [0.25, 0.3) is 17.7 Å². The Morgan fingerprint density at radius 3 is 1.81 bits per heavy atom. The van der Waals surface area contributed by atoms with E-state index in [1.54, 1.807) is 0 Å². The van der Waals surface area contributed by atoms with Crippen LogP contribution in [-0.2, 0) is 14.4 Å². The predicted molar refractivity (Wildman–Crippen MR) is 156 cm³/mol. The molecule has 3 rings (SSSR count). The zero-order valence-electron chi connectivity index (χ0n) is 22.8. The largest absolute Gasteiger partial charge is 0.480 e. The van der Waals surface area contributed by atoms with Gasteiger partial charge >= 0.3 is 5.97 Å². The summed E-state index contributed by atoms with van der Waals surface area (Å²) in [5.74, 6) is -3.96. The lowest BCUT2D eigenvalue weighted by Gasteiger charge is -2.47. The number of amidine groups is 2. The molecule has 14 nitrogen and oxygen atoms in total. The average Bonchev–Trinajstić information content (AvgIpc) is 2.93. The fraction of sp³-hybridized carbons (Fsp3) is 0.296. The van der Waals surface area contributed by atoms with Crippen LogP contribution in [0.1, 0.15) is 51.6 Å². The van der Waals surface area contributed by atoms with Crippen molar-refractivity contribution in [2.24, 2.45) is 11.5 Å². The van der Waals surface area contributed by atoms with Crippen molar-refractivity contribution in [3.63, 3.8) is 0 Å². The minimum absolute atomic E-state index is 0. The SMILES string of the molecule is CC(=O)C1(CCCNC(=O)c2ccc(C(=N)N)cc2)C(=O)N(CC(=O)O)CCN1NC(=O)c1ccc(C(=N)N)cc1.Cl. The molecule has 1 aliphatic heterocycles. The van der Waals surface area contributed by atoms with Gasteiger partial charge in [-0.05, 0) is 44.0 Å². The summed E-state index contributed by atoms with van der Waals surface area (Å²) in [6.07, 6.45) is 0.0214. The number of nitrogens with one attached hydrogen (secondary N) is 4. The third-order valence-electron chi connectivity index (χ3n) is 6.76. The molecule has 1 heterocycles. The van der Waals surface area contributed by atoms with Gasteiger partial charge < -0.3 is 26.8 Å². The van der Waals surface area contributed by atoms with Crippen molar-refractivity contribution in [1.82, 2.24) is 20.7 Å². The van der Waals surface area contributed by atoms with Crippen LogP contribution in [0.4, 0.5) is 0 Å². The number of nitrogens with two attached hydrogens (primary N) is 2. The molecule has 1 fully saturated rings. The maximum absolute atomic E-state index is 13.6. The molecule has 0 spiro atoms. The maximum Gasteiger partial charge on any atom is 0.323 e. The van der Waals surface area contributed by atoms with Crippen molar-refractivity contribution in [2.45, 2.75) is 25.3 Å². The fourth-order valence-electron chi connectivity index (χ4n) is 4.55. The van der Waals surface area contributed by atoms with Crippen molar-refractivity contribution in [1.29, 1.82) is 10.8 Å². The Kier molecular flexibility index (Phi) is 11.3. The molecule has 0 bridgehead atoms. The van der Waals surface area contributed by atoms with Gasteiger partial charge in [0.2, 0.25) is 0 Å². The number of ketones is 1. The van der Waals surface area contributed by atoms with Gasteiger partial charge in [-0.15, -0.1) is 12.4 Å². The van der Waals surface area contributed by atoms with Crippen molar-refractivity contribution in [3.8, 4) is 0 Å². The summed E-state index contributed by atoms with van der Waals surface area (Å²) >= 11 is 0. The predicted octanol–water partition coefficient (Wildman–Crippen LogP) is 0.0881. The number of halogens is 1. The van der Waals surface area contributed by atoms with Crippen LogP contribution in [0.2, 0.25) is 0 Å². The van der Waals surface area contributed by atoms with Crippen LogP contribution in [0.5, 0.6) is 0 Å². The van der Waals surface area contributed by atoms with Crippen LogP contribution >= 0.6 is 12.4 Å². The van der Waals surface area contributed by atoms with Crippen LogP contribution < -0.4 is 22.2 Å². The number of amides is 3. The first kappa shape index (κ1) is 33.4. The van der Waals surface area contributed by atoms with E-state index in [1.807, 2.05) is 0 Å². The molecule has 0 aromatic heterocycles. The van der Waals surface area contributed by atoms with Crippen LogP contribution in [0.25, 0.3) is 0 Å². The second-order valence-electron chi connectivity index (χ2n) is 9.47. The number of carbonyl (C=O) groups is 5. The number of carbonyl (C=O) groups excluding carboxylic acids is 4. The molecule has 9 N–H and O–H groups in total. The van der Waals surface area contributed by atoms with Crippen LogP contribution in [0.3, 0.4) is 0 Å². The molecular formula is C27H33ClN8O6. The lowest BCUT2D eigenvalue weighted by molar-refractivity contribution is -0.165. The molecule has 15 heteroatoms. The van der Waals surface area contributed by atoms with Gasteiger partial charge in [0.1, 0.15) is 18.2 Å². The average molecular weight is 601 g/mol. The maximum atomic E-state index is 13.6. The summed E-state index contributed by atoms with van der Waals surface area (Å²) in [6.45, 7) is 0.581. The Hall–Kier alpha value is -4.82. The monoisotopic (exact) mass is 600 g/mol. The van der Waals surface area contributed by atoms with Gasteiger partial charge in [0.05, 0.1) is 0 Å². The minimum atomic E-state index is -1.91. The molecule has 0 radical (unpaired) electrons. The molecule has 1 atom stereocenters. The highest BCUT2D eigenvalue weighted by atomic mass is 35.5. The van der Waals surface area contributed by atoms with Gasteiger partial charge in [-0.2, -0.15) is 5.01 Å². The number of aliphatic carboxylic acids is 1. The molecule has 2 aromatic carbocycles. The first-order chi connectivity index (χ1) is 19.4. The van der Waals surface area contributed by atoms with E-state index in [2.05, 4.69) is 10.7 Å². The highest BCUT2D eigenvalue weighted by molar-refractivity contribution is 6.11. The molecule has 1 saturated heterocycles. The Morgan fingerprint density at radius 1 is 0.881 bits per heavy atom. The van der Waals surface area contributed by atoms with Crippen molar-refractivity contribution in [3.05, 3.63) is 70.8 Å². The van der Waals surface area contributed by atoms with E-state index < -0.39 is 41.6 Å².